The topological polar surface area (TPSA) is 64.1 Å². The molecule has 0 unspecified atom stereocenters. The molecule has 0 radical (unpaired) electrons. The van der Waals surface area contributed by atoms with Gasteiger partial charge in [0.1, 0.15) is 0 Å². The summed E-state index contributed by atoms with van der Waals surface area (Å²) >= 11 is 0. The van der Waals surface area contributed by atoms with E-state index in [0.717, 1.165) is 11.1 Å². The van der Waals surface area contributed by atoms with Crippen LogP contribution in [0.15, 0.2) is 24.3 Å². The van der Waals surface area contributed by atoms with Crippen molar-refractivity contribution in [1.82, 2.24) is 5.32 Å². The average Bonchev–Trinajstić information content (AvgIpc) is 2.30. The lowest BCUT2D eigenvalue weighted by Gasteiger charge is -2.04. The van der Waals surface area contributed by atoms with Gasteiger partial charge in [-0.3, -0.25) is 5.32 Å². The standard InChI is InChI=1S/C8H11N3/c9-7-5-3-1-2-4-6(5)8(10)11-7/h1-4,7-8,11H,9-10H2/t7-,8-/m0/s1. The number of benzene rings is 1. The predicted octanol–water partition coefficient (Wildman–Crippen LogP) is 0.204. The Balaban J connectivity index is 2.52. The van der Waals surface area contributed by atoms with Crippen LogP contribution in [0.1, 0.15) is 23.5 Å². The van der Waals surface area contributed by atoms with Crippen LogP contribution in [0.4, 0.5) is 0 Å². The van der Waals surface area contributed by atoms with E-state index in [9.17, 15) is 0 Å². The molecule has 0 amide bonds. The van der Waals surface area contributed by atoms with Crippen molar-refractivity contribution in [2.75, 3.05) is 0 Å². The highest BCUT2D eigenvalue weighted by atomic mass is 15.1. The zero-order valence-electron chi connectivity index (χ0n) is 6.12. The highest BCUT2D eigenvalue weighted by molar-refractivity contribution is 5.35. The lowest BCUT2D eigenvalue weighted by Crippen LogP contribution is -2.28. The fraction of sp³-hybridized carbons (Fsp3) is 0.250. The molecule has 0 aromatic heterocycles. The van der Waals surface area contributed by atoms with E-state index in [4.69, 9.17) is 11.5 Å². The van der Waals surface area contributed by atoms with Crippen LogP contribution in [0.2, 0.25) is 0 Å². The molecule has 1 aliphatic rings. The molecular weight excluding hydrogens is 138 g/mol. The number of nitrogens with two attached hydrogens (primary N) is 2. The molecule has 0 saturated heterocycles. The number of hydrogen-bond acceptors (Lipinski definition) is 3. The summed E-state index contributed by atoms with van der Waals surface area (Å²) in [4.78, 5) is 0. The Morgan fingerprint density at radius 3 is 1.91 bits per heavy atom. The fourth-order valence-corrected chi connectivity index (χ4v) is 1.45. The molecule has 1 aromatic carbocycles. The van der Waals surface area contributed by atoms with Crippen molar-refractivity contribution in [3.63, 3.8) is 0 Å². The molecule has 0 aliphatic carbocycles. The Bertz CT molecular complexity index is 245. The largest absolute Gasteiger partial charge is 0.312 e. The maximum Gasteiger partial charge on any atom is 0.0828 e. The first kappa shape index (κ1) is 6.79. The molecule has 58 valence electrons. The molecule has 0 fully saturated rings. The summed E-state index contributed by atoms with van der Waals surface area (Å²) in [6.07, 6.45) is -0.192. The monoisotopic (exact) mass is 149 g/mol. The second-order valence-electron chi connectivity index (χ2n) is 2.75. The van der Waals surface area contributed by atoms with Crippen molar-refractivity contribution in [1.29, 1.82) is 0 Å². The molecular formula is C8H11N3. The van der Waals surface area contributed by atoms with Crippen LogP contribution in [0, 0.1) is 0 Å². The zero-order chi connectivity index (χ0) is 7.84. The Morgan fingerprint density at radius 1 is 1.00 bits per heavy atom. The van der Waals surface area contributed by atoms with Crippen molar-refractivity contribution in [3.8, 4) is 0 Å². The number of rotatable bonds is 0. The summed E-state index contributed by atoms with van der Waals surface area (Å²) in [5, 5.41) is 3.04. The Labute approximate surface area is 65.4 Å². The quantitative estimate of drug-likeness (QED) is 0.494. The van der Waals surface area contributed by atoms with E-state index in [1.54, 1.807) is 0 Å². The lowest BCUT2D eigenvalue weighted by molar-refractivity contribution is 0.519. The average molecular weight is 149 g/mol. The Morgan fingerprint density at radius 2 is 1.45 bits per heavy atom. The molecule has 11 heavy (non-hydrogen) atoms. The third-order valence-corrected chi connectivity index (χ3v) is 2.03. The zero-order valence-corrected chi connectivity index (χ0v) is 6.12. The Hall–Kier alpha value is -0.900. The SMILES string of the molecule is N[C@H]1N[C@H](N)c2ccccc21. The van der Waals surface area contributed by atoms with Gasteiger partial charge in [-0.15, -0.1) is 0 Å². The summed E-state index contributed by atoms with van der Waals surface area (Å²) < 4.78 is 0. The van der Waals surface area contributed by atoms with Gasteiger partial charge in [0.15, 0.2) is 0 Å². The van der Waals surface area contributed by atoms with Crippen LogP contribution in [0.25, 0.3) is 0 Å². The third-order valence-electron chi connectivity index (χ3n) is 2.03. The highest BCUT2D eigenvalue weighted by Gasteiger charge is 2.23. The van der Waals surface area contributed by atoms with E-state index in [2.05, 4.69) is 5.32 Å². The molecule has 0 saturated carbocycles. The normalized spacial score (nSPS) is 28.5. The first-order chi connectivity index (χ1) is 5.29. The molecule has 5 N–H and O–H groups in total. The Kier molecular flexibility index (Phi) is 1.42. The minimum Gasteiger partial charge on any atom is -0.312 e. The van der Waals surface area contributed by atoms with E-state index in [0.29, 0.717) is 0 Å². The van der Waals surface area contributed by atoms with Gasteiger partial charge in [-0.1, -0.05) is 24.3 Å². The number of nitrogens with one attached hydrogen (secondary N) is 1. The van der Waals surface area contributed by atoms with Crippen molar-refractivity contribution in [2.24, 2.45) is 11.5 Å². The van der Waals surface area contributed by atoms with Gasteiger partial charge in [-0.05, 0) is 11.1 Å². The van der Waals surface area contributed by atoms with Gasteiger partial charge in [0.25, 0.3) is 0 Å². The van der Waals surface area contributed by atoms with Crippen LogP contribution < -0.4 is 16.8 Å². The van der Waals surface area contributed by atoms with E-state index >= 15 is 0 Å². The third kappa shape index (κ3) is 0.939. The van der Waals surface area contributed by atoms with E-state index in [-0.39, 0.29) is 12.3 Å². The van der Waals surface area contributed by atoms with Crippen LogP contribution in [-0.2, 0) is 0 Å². The van der Waals surface area contributed by atoms with Gasteiger partial charge >= 0.3 is 0 Å². The van der Waals surface area contributed by atoms with Crippen LogP contribution in [0.3, 0.4) is 0 Å². The molecule has 1 aliphatic heterocycles. The minimum atomic E-state index is -0.0961. The molecule has 2 atom stereocenters. The van der Waals surface area contributed by atoms with Crippen LogP contribution in [0.5, 0.6) is 0 Å². The maximum atomic E-state index is 5.75. The smallest absolute Gasteiger partial charge is 0.0828 e. The number of fused-ring (bicyclic) bond motifs is 1. The second kappa shape index (κ2) is 2.30. The first-order valence-corrected chi connectivity index (χ1v) is 3.65. The van der Waals surface area contributed by atoms with E-state index in [1.807, 2.05) is 24.3 Å². The van der Waals surface area contributed by atoms with Crippen molar-refractivity contribution in [3.05, 3.63) is 35.4 Å². The summed E-state index contributed by atoms with van der Waals surface area (Å²) in [6.45, 7) is 0. The molecule has 1 heterocycles. The van der Waals surface area contributed by atoms with E-state index in [1.165, 1.54) is 0 Å². The molecule has 0 spiro atoms. The molecule has 3 nitrogen and oxygen atoms in total. The van der Waals surface area contributed by atoms with Gasteiger partial charge < -0.3 is 11.5 Å². The van der Waals surface area contributed by atoms with Gasteiger partial charge in [0.05, 0.1) is 12.3 Å². The van der Waals surface area contributed by atoms with Crippen molar-refractivity contribution >= 4 is 0 Å². The molecule has 2 rings (SSSR count). The predicted molar refractivity (Wildman–Crippen MR) is 43.4 cm³/mol. The summed E-state index contributed by atoms with van der Waals surface area (Å²) in [6, 6.07) is 7.94. The lowest BCUT2D eigenvalue weighted by atomic mass is 10.1. The van der Waals surface area contributed by atoms with Crippen LogP contribution >= 0.6 is 0 Å². The first-order valence-electron chi connectivity index (χ1n) is 3.65. The van der Waals surface area contributed by atoms with Crippen molar-refractivity contribution in [2.45, 2.75) is 12.3 Å². The maximum absolute atomic E-state index is 5.75. The molecule has 0 bridgehead atoms. The highest BCUT2D eigenvalue weighted by Crippen LogP contribution is 2.25. The molecule has 1 aromatic rings. The summed E-state index contributed by atoms with van der Waals surface area (Å²) in [5.74, 6) is 0. The fourth-order valence-electron chi connectivity index (χ4n) is 1.45. The van der Waals surface area contributed by atoms with Gasteiger partial charge in [-0.2, -0.15) is 0 Å². The second-order valence-corrected chi connectivity index (χ2v) is 2.75. The van der Waals surface area contributed by atoms with Gasteiger partial charge in [-0.25, -0.2) is 0 Å². The minimum absolute atomic E-state index is 0.0961. The van der Waals surface area contributed by atoms with Crippen molar-refractivity contribution < 1.29 is 0 Å². The summed E-state index contributed by atoms with van der Waals surface area (Å²) in [5.41, 5.74) is 13.7. The van der Waals surface area contributed by atoms with E-state index < -0.39 is 0 Å². The summed E-state index contributed by atoms with van der Waals surface area (Å²) in [7, 11) is 0. The number of hydrogen-bond donors (Lipinski definition) is 3. The van der Waals surface area contributed by atoms with Gasteiger partial charge in [0.2, 0.25) is 0 Å². The van der Waals surface area contributed by atoms with Crippen LogP contribution in [-0.4, -0.2) is 0 Å². The van der Waals surface area contributed by atoms with Gasteiger partial charge in [0, 0.05) is 0 Å². The molecule has 3 heteroatoms.